The van der Waals surface area contributed by atoms with Crippen LogP contribution in [0.4, 0.5) is 0 Å². The van der Waals surface area contributed by atoms with E-state index in [9.17, 15) is 9.90 Å². The smallest absolute Gasteiger partial charge is 0.328 e. The van der Waals surface area contributed by atoms with E-state index in [-0.39, 0.29) is 5.92 Å². The minimum absolute atomic E-state index is 0.110. The highest BCUT2D eigenvalue weighted by Gasteiger charge is 2.28. The fourth-order valence-electron chi connectivity index (χ4n) is 2.12. The van der Waals surface area contributed by atoms with Crippen molar-refractivity contribution in [3.05, 3.63) is 29.3 Å². The summed E-state index contributed by atoms with van der Waals surface area (Å²) < 4.78 is 1.39. The maximum absolute atomic E-state index is 11.4. The molecule has 1 aromatic heterocycles. The Hall–Kier alpha value is -2.24. The van der Waals surface area contributed by atoms with Crippen LogP contribution >= 0.6 is 0 Å². The van der Waals surface area contributed by atoms with Crippen LogP contribution in [0.1, 0.15) is 31.0 Å². The molecule has 0 amide bonds. The minimum Gasteiger partial charge on any atom is -0.480 e. The number of carboxylic acid groups (broad SMARTS) is 1. The van der Waals surface area contributed by atoms with Gasteiger partial charge in [0, 0.05) is 5.56 Å². The SMILES string of the molecule is Cc1ccc(-c2nnnn2C(C(=O)O)C(C)C)cc1C. The molecule has 1 N–H and O–H groups in total. The normalized spacial score (nSPS) is 12.7. The van der Waals surface area contributed by atoms with E-state index in [1.807, 2.05) is 45.9 Å². The predicted molar refractivity (Wildman–Crippen MR) is 74.2 cm³/mol. The van der Waals surface area contributed by atoms with Crippen molar-refractivity contribution in [3.8, 4) is 11.4 Å². The molecule has 0 aliphatic rings. The Bertz CT molecular complexity index is 634. The van der Waals surface area contributed by atoms with E-state index < -0.39 is 12.0 Å². The van der Waals surface area contributed by atoms with Gasteiger partial charge in [0.15, 0.2) is 11.9 Å². The van der Waals surface area contributed by atoms with Gasteiger partial charge in [0.1, 0.15) is 0 Å². The topological polar surface area (TPSA) is 80.9 Å². The van der Waals surface area contributed by atoms with Gasteiger partial charge in [0.25, 0.3) is 0 Å². The summed E-state index contributed by atoms with van der Waals surface area (Å²) in [7, 11) is 0. The van der Waals surface area contributed by atoms with Crippen molar-refractivity contribution in [3.63, 3.8) is 0 Å². The van der Waals surface area contributed by atoms with Gasteiger partial charge < -0.3 is 5.11 Å². The number of carboxylic acids is 1. The number of aromatic nitrogens is 4. The first-order valence-electron chi connectivity index (χ1n) is 6.50. The molecule has 1 heterocycles. The molecule has 0 radical (unpaired) electrons. The summed E-state index contributed by atoms with van der Waals surface area (Å²) in [5, 5.41) is 20.8. The van der Waals surface area contributed by atoms with Crippen molar-refractivity contribution in [1.29, 1.82) is 0 Å². The standard InChI is InChI=1S/C14H18N4O2/c1-8(2)12(14(19)20)18-13(15-16-17-18)11-6-5-9(3)10(4)7-11/h5-8,12H,1-4H3,(H,19,20). The molecule has 0 saturated carbocycles. The highest BCUT2D eigenvalue weighted by molar-refractivity contribution is 5.73. The molecule has 1 atom stereocenters. The molecule has 0 aliphatic heterocycles. The quantitative estimate of drug-likeness (QED) is 0.924. The van der Waals surface area contributed by atoms with Crippen LogP contribution in [0.3, 0.4) is 0 Å². The molecule has 0 spiro atoms. The third-order valence-electron chi connectivity index (χ3n) is 3.41. The Morgan fingerprint density at radius 2 is 1.95 bits per heavy atom. The Kier molecular flexibility index (Phi) is 3.83. The largest absolute Gasteiger partial charge is 0.480 e. The van der Waals surface area contributed by atoms with Crippen LogP contribution in [-0.2, 0) is 4.79 Å². The zero-order chi connectivity index (χ0) is 14.9. The average Bonchev–Trinajstić information content (AvgIpc) is 2.80. The second-order valence-corrected chi connectivity index (χ2v) is 5.27. The van der Waals surface area contributed by atoms with Crippen molar-refractivity contribution in [2.24, 2.45) is 5.92 Å². The lowest BCUT2D eigenvalue weighted by Gasteiger charge is -2.17. The number of tetrazole rings is 1. The highest BCUT2D eigenvalue weighted by atomic mass is 16.4. The van der Waals surface area contributed by atoms with E-state index in [0.717, 1.165) is 11.1 Å². The van der Waals surface area contributed by atoms with Gasteiger partial charge in [-0.05, 0) is 47.4 Å². The summed E-state index contributed by atoms with van der Waals surface area (Å²) in [6.07, 6.45) is 0. The highest BCUT2D eigenvalue weighted by Crippen LogP contribution is 2.25. The molecule has 6 nitrogen and oxygen atoms in total. The number of hydrogen-bond donors (Lipinski definition) is 1. The Balaban J connectivity index is 2.51. The monoisotopic (exact) mass is 274 g/mol. The summed E-state index contributed by atoms with van der Waals surface area (Å²) in [4.78, 5) is 11.4. The van der Waals surface area contributed by atoms with Crippen molar-refractivity contribution in [2.75, 3.05) is 0 Å². The number of aliphatic carboxylic acids is 1. The molecule has 2 rings (SSSR count). The molecule has 1 aromatic carbocycles. The number of hydrogen-bond acceptors (Lipinski definition) is 4. The van der Waals surface area contributed by atoms with Gasteiger partial charge in [-0.3, -0.25) is 0 Å². The molecular formula is C14H18N4O2. The lowest BCUT2D eigenvalue weighted by atomic mass is 10.0. The zero-order valence-corrected chi connectivity index (χ0v) is 12.0. The minimum atomic E-state index is -0.933. The van der Waals surface area contributed by atoms with Crippen molar-refractivity contribution in [1.82, 2.24) is 20.2 Å². The van der Waals surface area contributed by atoms with E-state index in [2.05, 4.69) is 15.5 Å². The third kappa shape index (κ3) is 2.54. The van der Waals surface area contributed by atoms with Crippen molar-refractivity contribution < 1.29 is 9.90 Å². The van der Waals surface area contributed by atoms with E-state index in [4.69, 9.17) is 0 Å². The van der Waals surface area contributed by atoms with Crippen LogP contribution < -0.4 is 0 Å². The first-order valence-corrected chi connectivity index (χ1v) is 6.50. The van der Waals surface area contributed by atoms with E-state index in [1.54, 1.807) is 0 Å². The van der Waals surface area contributed by atoms with Gasteiger partial charge in [-0.1, -0.05) is 26.0 Å². The fraction of sp³-hybridized carbons (Fsp3) is 0.429. The third-order valence-corrected chi connectivity index (χ3v) is 3.41. The first kappa shape index (κ1) is 14.2. The maximum atomic E-state index is 11.4. The summed E-state index contributed by atoms with van der Waals surface area (Å²) in [5.74, 6) is -0.562. The molecule has 6 heteroatoms. The lowest BCUT2D eigenvalue weighted by molar-refractivity contribution is -0.142. The number of rotatable bonds is 4. The summed E-state index contributed by atoms with van der Waals surface area (Å²) in [5.41, 5.74) is 3.12. The van der Waals surface area contributed by atoms with Crippen molar-refractivity contribution in [2.45, 2.75) is 33.7 Å². The van der Waals surface area contributed by atoms with Gasteiger partial charge in [-0.15, -0.1) is 5.10 Å². The first-order chi connectivity index (χ1) is 9.41. The van der Waals surface area contributed by atoms with Gasteiger partial charge in [0.2, 0.25) is 0 Å². The number of nitrogens with zero attached hydrogens (tertiary/aromatic N) is 4. The van der Waals surface area contributed by atoms with E-state index in [0.29, 0.717) is 5.82 Å². The van der Waals surface area contributed by atoms with Crippen LogP contribution in [0.25, 0.3) is 11.4 Å². The lowest BCUT2D eigenvalue weighted by Crippen LogP contribution is -2.26. The van der Waals surface area contributed by atoms with Crippen LogP contribution in [0.2, 0.25) is 0 Å². The van der Waals surface area contributed by atoms with E-state index >= 15 is 0 Å². The molecule has 20 heavy (non-hydrogen) atoms. The van der Waals surface area contributed by atoms with Crippen LogP contribution in [0.5, 0.6) is 0 Å². The molecule has 0 fully saturated rings. The number of aryl methyl sites for hydroxylation is 2. The molecule has 2 aromatic rings. The van der Waals surface area contributed by atoms with Crippen LogP contribution in [0.15, 0.2) is 18.2 Å². The van der Waals surface area contributed by atoms with Gasteiger partial charge >= 0.3 is 5.97 Å². The number of benzene rings is 1. The van der Waals surface area contributed by atoms with E-state index in [1.165, 1.54) is 10.2 Å². The molecule has 0 aliphatic carbocycles. The molecule has 0 bridgehead atoms. The van der Waals surface area contributed by atoms with Gasteiger partial charge in [-0.25, -0.2) is 9.48 Å². The molecule has 0 saturated heterocycles. The zero-order valence-electron chi connectivity index (χ0n) is 12.0. The molecule has 1 unspecified atom stereocenters. The number of carbonyl (C=O) groups is 1. The summed E-state index contributed by atoms with van der Waals surface area (Å²) in [6.45, 7) is 7.70. The molecular weight excluding hydrogens is 256 g/mol. The second kappa shape index (κ2) is 5.40. The summed E-state index contributed by atoms with van der Waals surface area (Å²) in [6, 6.07) is 5.08. The maximum Gasteiger partial charge on any atom is 0.328 e. The predicted octanol–water partition coefficient (Wildman–Crippen LogP) is 2.24. The van der Waals surface area contributed by atoms with Gasteiger partial charge in [0.05, 0.1) is 0 Å². The fourth-order valence-corrected chi connectivity index (χ4v) is 2.12. The Labute approximate surface area is 117 Å². The average molecular weight is 274 g/mol. The molecule has 106 valence electrons. The van der Waals surface area contributed by atoms with Crippen LogP contribution in [0, 0.1) is 19.8 Å². The van der Waals surface area contributed by atoms with Crippen LogP contribution in [-0.4, -0.2) is 31.3 Å². The summed E-state index contributed by atoms with van der Waals surface area (Å²) >= 11 is 0. The van der Waals surface area contributed by atoms with Crippen molar-refractivity contribution >= 4 is 5.97 Å². The second-order valence-electron chi connectivity index (χ2n) is 5.27. The Morgan fingerprint density at radius 3 is 2.50 bits per heavy atom. The Morgan fingerprint density at radius 1 is 1.25 bits per heavy atom. The van der Waals surface area contributed by atoms with Gasteiger partial charge in [-0.2, -0.15) is 0 Å².